The molecule has 0 saturated carbocycles. The number of aliphatic hydroxyl groups excluding tert-OH is 1. The van der Waals surface area contributed by atoms with Gasteiger partial charge in [0.15, 0.2) is 0 Å². The van der Waals surface area contributed by atoms with Crippen molar-refractivity contribution in [3.05, 3.63) is 70.0 Å². The monoisotopic (exact) mass is 482 g/mol. The molecule has 0 aliphatic carbocycles. The van der Waals surface area contributed by atoms with Crippen molar-refractivity contribution in [1.82, 2.24) is 9.80 Å². The van der Waals surface area contributed by atoms with E-state index >= 15 is 4.39 Å². The number of likely N-dealkylation sites (N-methyl/N-ethyl adjacent to an activating group) is 1. The van der Waals surface area contributed by atoms with Gasteiger partial charge in [-0.25, -0.2) is 4.39 Å². The van der Waals surface area contributed by atoms with Gasteiger partial charge in [0.1, 0.15) is 17.3 Å². The van der Waals surface area contributed by atoms with Gasteiger partial charge in [-0.2, -0.15) is 0 Å². The van der Waals surface area contributed by atoms with Crippen LogP contribution in [0.4, 0.5) is 4.39 Å². The molecule has 1 unspecified atom stereocenters. The number of carbonyl (C=O) groups is 2. The van der Waals surface area contributed by atoms with Gasteiger partial charge in [-0.05, 0) is 55.3 Å². The van der Waals surface area contributed by atoms with Gasteiger partial charge in [-0.1, -0.05) is 45.9 Å². The van der Waals surface area contributed by atoms with Crippen LogP contribution in [0.5, 0.6) is 5.75 Å². The van der Waals surface area contributed by atoms with E-state index in [4.69, 9.17) is 4.74 Å². The molecule has 1 fully saturated rings. The molecule has 0 spiro atoms. The summed E-state index contributed by atoms with van der Waals surface area (Å²) in [5.41, 5.74) is 2.06. The number of ether oxygens (including phenoxy) is 1. The molecule has 188 valence electrons. The van der Waals surface area contributed by atoms with Crippen LogP contribution >= 0.6 is 0 Å². The molecule has 1 N–H and O–H groups in total. The Balaban J connectivity index is 2.21. The summed E-state index contributed by atoms with van der Waals surface area (Å²) in [6.45, 7) is 12.2. The summed E-state index contributed by atoms with van der Waals surface area (Å²) >= 11 is 0. The van der Waals surface area contributed by atoms with E-state index in [0.29, 0.717) is 23.4 Å². The molecule has 1 atom stereocenters. The van der Waals surface area contributed by atoms with E-state index in [9.17, 15) is 14.7 Å². The Bertz CT molecular complexity index is 1140. The van der Waals surface area contributed by atoms with E-state index in [1.165, 1.54) is 11.0 Å². The third-order valence-electron chi connectivity index (χ3n) is 6.75. The summed E-state index contributed by atoms with van der Waals surface area (Å²) < 4.78 is 20.5. The van der Waals surface area contributed by atoms with Gasteiger partial charge in [0, 0.05) is 24.2 Å². The molecular formula is C28H35FN2O4. The fourth-order valence-electron chi connectivity index (χ4n) is 4.65. The lowest BCUT2D eigenvalue weighted by Gasteiger charge is -2.28. The molecule has 1 saturated heterocycles. The maximum absolute atomic E-state index is 15.0. The number of benzene rings is 2. The van der Waals surface area contributed by atoms with Crippen molar-refractivity contribution >= 4 is 17.4 Å². The van der Waals surface area contributed by atoms with Crippen LogP contribution < -0.4 is 4.74 Å². The van der Waals surface area contributed by atoms with Gasteiger partial charge in [0.05, 0.1) is 18.7 Å². The third kappa shape index (κ3) is 5.10. The molecule has 6 nitrogen and oxygen atoms in total. The smallest absolute Gasteiger partial charge is 0.295 e. The number of hydrogen-bond donors (Lipinski definition) is 1. The number of Topliss-reactive ketones (excluding diaryl/α,β-unsaturated/α-hetero) is 1. The Kier molecular flexibility index (Phi) is 8.33. The van der Waals surface area contributed by atoms with Crippen LogP contribution in [-0.4, -0.2) is 59.9 Å². The number of halogens is 1. The second-order valence-electron chi connectivity index (χ2n) is 9.10. The number of likely N-dealkylation sites (tertiary alicyclic amines) is 1. The molecule has 7 heteroatoms. The van der Waals surface area contributed by atoms with E-state index in [1.54, 1.807) is 44.4 Å². The highest BCUT2D eigenvalue weighted by Crippen LogP contribution is 2.41. The van der Waals surface area contributed by atoms with Gasteiger partial charge >= 0.3 is 0 Å². The van der Waals surface area contributed by atoms with Crippen LogP contribution in [-0.2, 0) is 9.59 Å². The van der Waals surface area contributed by atoms with Crippen molar-refractivity contribution in [1.29, 1.82) is 0 Å². The SMILES string of the molecule is CCN(CC)CCN1C(=O)C(=O)/C(=C(/O)c2cc(C(C)C)c(OC)cc2C)C1c1ccccc1F. The van der Waals surface area contributed by atoms with Crippen molar-refractivity contribution in [2.24, 2.45) is 0 Å². The molecular weight excluding hydrogens is 447 g/mol. The lowest BCUT2D eigenvalue weighted by Crippen LogP contribution is -2.38. The molecule has 2 aromatic rings. The first-order valence-electron chi connectivity index (χ1n) is 12.1. The number of carbonyl (C=O) groups excluding carboxylic acids is 2. The van der Waals surface area contributed by atoms with Crippen LogP contribution in [0.1, 0.15) is 61.9 Å². The molecule has 35 heavy (non-hydrogen) atoms. The molecule has 0 radical (unpaired) electrons. The maximum Gasteiger partial charge on any atom is 0.295 e. The number of methoxy groups -OCH3 is 1. The van der Waals surface area contributed by atoms with Gasteiger partial charge in [0.2, 0.25) is 0 Å². The number of rotatable bonds is 9. The third-order valence-corrected chi connectivity index (χ3v) is 6.75. The standard InChI is InChI=1S/C28H35FN2O4/c1-7-30(8-2)13-14-31-25(19-11-9-10-12-22(19)29)24(27(33)28(31)34)26(32)21-16-20(17(3)4)23(35-6)15-18(21)5/h9-12,15-17,25,32H,7-8,13-14H2,1-6H3/b26-24+. The fourth-order valence-corrected chi connectivity index (χ4v) is 4.65. The van der Waals surface area contributed by atoms with Crippen molar-refractivity contribution in [3.63, 3.8) is 0 Å². The minimum absolute atomic E-state index is 0.0935. The fraction of sp³-hybridized carbons (Fsp3) is 0.429. The summed E-state index contributed by atoms with van der Waals surface area (Å²) in [7, 11) is 1.58. The van der Waals surface area contributed by atoms with E-state index < -0.39 is 23.5 Å². The Labute approximate surface area is 207 Å². The zero-order valence-electron chi connectivity index (χ0n) is 21.4. The lowest BCUT2D eigenvalue weighted by molar-refractivity contribution is -0.140. The van der Waals surface area contributed by atoms with Crippen LogP contribution in [0.15, 0.2) is 42.0 Å². The van der Waals surface area contributed by atoms with Crippen LogP contribution in [0, 0.1) is 12.7 Å². The zero-order valence-corrected chi connectivity index (χ0v) is 21.4. The summed E-state index contributed by atoms with van der Waals surface area (Å²) in [6, 6.07) is 8.66. The molecule has 0 bridgehead atoms. The Morgan fingerprint density at radius 1 is 1.17 bits per heavy atom. The van der Waals surface area contributed by atoms with Gasteiger partial charge in [-0.15, -0.1) is 0 Å². The molecule has 3 rings (SSSR count). The highest BCUT2D eigenvalue weighted by Gasteiger charge is 2.47. The first kappa shape index (κ1) is 26.4. The molecule has 1 aliphatic heterocycles. The average molecular weight is 483 g/mol. The predicted octanol–water partition coefficient (Wildman–Crippen LogP) is 5.03. The van der Waals surface area contributed by atoms with Gasteiger partial charge < -0.3 is 19.6 Å². The van der Waals surface area contributed by atoms with Crippen molar-refractivity contribution in [2.75, 3.05) is 33.3 Å². The van der Waals surface area contributed by atoms with E-state index in [0.717, 1.165) is 18.7 Å². The summed E-state index contributed by atoms with van der Waals surface area (Å²) in [4.78, 5) is 30.0. The predicted molar refractivity (Wildman–Crippen MR) is 135 cm³/mol. The molecule has 1 amide bonds. The number of aliphatic hydroxyl groups is 1. The normalized spacial score (nSPS) is 17.6. The quantitative estimate of drug-likeness (QED) is 0.308. The van der Waals surface area contributed by atoms with Gasteiger partial charge in [0.25, 0.3) is 11.7 Å². The Morgan fingerprint density at radius 2 is 1.83 bits per heavy atom. The Hall–Kier alpha value is -3.19. The van der Waals surface area contributed by atoms with Crippen LogP contribution in [0.3, 0.4) is 0 Å². The number of hydrogen-bond acceptors (Lipinski definition) is 5. The highest BCUT2D eigenvalue weighted by atomic mass is 19.1. The first-order valence-corrected chi connectivity index (χ1v) is 12.1. The lowest BCUT2D eigenvalue weighted by atomic mass is 9.91. The second kappa shape index (κ2) is 11.0. The average Bonchev–Trinajstić information content (AvgIpc) is 3.09. The van der Waals surface area contributed by atoms with Crippen molar-refractivity contribution in [2.45, 2.75) is 46.6 Å². The van der Waals surface area contributed by atoms with Crippen molar-refractivity contribution in [3.8, 4) is 5.75 Å². The second-order valence-corrected chi connectivity index (χ2v) is 9.10. The largest absolute Gasteiger partial charge is 0.507 e. The van der Waals surface area contributed by atoms with Crippen molar-refractivity contribution < 1.29 is 23.8 Å². The molecule has 2 aromatic carbocycles. The van der Waals surface area contributed by atoms with E-state index in [-0.39, 0.29) is 29.4 Å². The molecule has 0 aromatic heterocycles. The number of ketones is 1. The topological polar surface area (TPSA) is 70.1 Å². The van der Waals surface area contributed by atoms with Crippen LogP contribution in [0.2, 0.25) is 0 Å². The number of aryl methyl sites for hydroxylation is 1. The maximum atomic E-state index is 15.0. The van der Waals surface area contributed by atoms with E-state index in [1.807, 2.05) is 27.7 Å². The summed E-state index contributed by atoms with van der Waals surface area (Å²) in [5.74, 6) is -1.61. The Morgan fingerprint density at radius 3 is 2.40 bits per heavy atom. The summed E-state index contributed by atoms with van der Waals surface area (Å²) in [6.07, 6.45) is 0. The molecule has 1 heterocycles. The molecule has 1 aliphatic rings. The minimum Gasteiger partial charge on any atom is -0.507 e. The van der Waals surface area contributed by atoms with Crippen LogP contribution in [0.25, 0.3) is 5.76 Å². The summed E-state index contributed by atoms with van der Waals surface area (Å²) in [5, 5.41) is 11.5. The first-order chi connectivity index (χ1) is 16.7. The zero-order chi connectivity index (χ0) is 25.9. The highest BCUT2D eigenvalue weighted by molar-refractivity contribution is 6.46. The minimum atomic E-state index is -1.02. The number of amides is 1. The van der Waals surface area contributed by atoms with E-state index in [2.05, 4.69) is 4.90 Å². The van der Waals surface area contributed by atoms with Gasteiger partial charge in [-0.3, -0.25) is 9.59 Å². The number of nitrogens with zero attached hydrogens (tertiary/aromatic N) is 2.